The molecule has 1 fully saturated rings. The standard InChI is InChI=1S/C19H21N3O3/c1-20-7-9-21(10-8-20)19(24)18-15(6-11-25-18)13-22-16-5-3-2-4-14(16)12-17(22)23/h2-6,11H,7-10,12-13H2,1H3. The normalized spacial score (nSPS) is 17.9. The minimum absolute atomic E-state index is 0.0559. The van der Waals surface area contributed by atoms with Crippen molar-refractivity contribution >= 4 is 17.5 Å². The first-order chi connectivity index (χ1) is 12.1. The van der Waals surface area contributed by atoms with Gasteiger partial charge in [-0.1, -0.05) is 18.2 Å². The Kier molecular flexibility index (Phi) is 4.05. The zero-order chi connectivity index (χ0) is 17.4. The van der Waals surface area contributed by atoms with Crippen LogP contribution in [0.3, 0.4) is 0 Å². The van der Waals surface area contributed by atoms with E-state index in [0.29, 0.717) is 31.8 Å². The molecule has 1 saturated heterocycles. The number of hydrogen-bond acceptors (Lipinski definition) is 4. The van der Waals surface area contributed by atoms with Crippen LogP contribution in [-0.4, -0.2) is 54.8 Å². The van der Waals surface area contributed by atoms with E-state index >= 15 is 0 Å². The van der Waals surface area contributed by atoms with Crippen LogP contribution in [0, 0.1) is 0 Å². The molecule has 0 spiro atoms. The molecule has 2 amide bonds. The van der Waals surface area contributed by atoms with E-state index in [2.05, 4.69) is 11.9 Å². The zero-order valence-corrected chi connectivity index (χ0v) is 14.3. The Morgan fingerprint density at radius 2 is 1.88 bits per heavy atom. The van der Waals surface area contributed by atoms with Crippen LogP contribution in [0.2, 0.25) is 0 Å². The van der Waals surface area contributed by atoms with E-state index < -0.39 is 0 Å². The van der Waals surface area contributed by atoms with Crippen LogP contribution in [-0.2, 0) is 17.8 Å². The molecule has 2 aliphatic heterocycles. The summed E-state index contributed by atoms with van der Waals surface area (Å²) in [6.45, 7) is 3.47. The average Bonchev–Trinajstić information content (AvgIpc) is 3.20. The van der Waals surface area contributed by atoms with Gasteiger partial charge in [0, 0.05) is 37.4 Å². The predicted molar refractivity (Wildman–Crippen MR) is 93.4 cm³/mol. The van der Waals surface area contributed by atoms with Gasteiger partial charge in [-0.25, -0.2) is 0 Å². The maximum absolute atomic E-state index is 12.8. The van der Waals surface area contributed by atoms with E-state index in [9.17, 15) is 9.59 Å². The van der Waals surface area contributed by atoms with Crippen molar-refractivity contribution in [3.05, 3.63) is 53.5 Å². The molecule has 1 aromatic carbocycles. The van der Waals surface area contributed by atoms with Crippen molar-refractivity contribution in [1.29, 1.82) is 0 Å². The summed E-state index contributed by atoms with van der Waals surface area (Å²) in [5, 5.41) is 0. The largest absolute Gasteiger partial charge is 0.459 e. The summed E-state index contributed by atoms with van der Waals surface area (Å²) in [6, 6.07) is 9.57. The fraction of sp³-hybridized carbons (Fsp3) is 0.368. The zero-order valence-electron chi connectivity index (χ0n) is 14.3. The second-order valence-corrected chi connectivity index (χ2v) is 6.66. The lowest BCUT2D eigenvalue weighted by molar-refractivity contribution is -0.117. The average molecular weight is 339 g/mol. The minimum Gasteiger partial charge on any atom is -0.459 e. The molecule has 6 nitrogen and oxygen atoms in total. The highest BCUT2D eigenvalue weighted by molar-refractivity contribution is 6.01. The number of fused-ring (bicyclic) bond motifs is 1. The highest BCUT2D eigenvalue weighted by atomic mass is 16.3. The Morgan fingerprint density at radius 3 is 2.68 bits per heavy atom. The molecule has 0 N–H and O–H groups in total. The first-order valence-electron chi connectivity index (χ1n) is 8.56. The van der Waals surface area contributed by atoms with E-state index in [-0.39, 0.29) is 11.8 Å². The van der Waals surface area contributed by atoms with E-state index in [0.717, 1.165) is 29.9 Å². The van der Waals surface area contributed by atoms with E-state index in [1.54, 1.807) is 11.0 Å². The first kappa shape index (κ1) is 15.9. The predicted octanol–water partition coefficient (Wildman–Crippen LogP) is 1.76. The van der Waals surface area contributed by atoms with Crippen LogP contribution in [0.5, 0.6) is 0 Å². The Hall–Kier alpha value is -2.60. The first-order valence-corrected chi connectivity index (χ1v) is 8.56. The van der Waals surface area contributed by atoms with Gasteiger partial charge in [0.05, 0.1) is 19.2 Å². The van der Waals surface area contributed by atoms with Crippen LogP contribution in [0.1, 0.15) is 21.7 Å². The molecule has 3 heterocycles. The molecule has 0 aliphatic carbocycles. The maximum atomic E-state index is 12.8. The molecule has 1 aromatic heterocycles. The van der Waals surface area contributed by atoms with Crippen LogP contribution >= 0.6 is 0 Å². The molecule has 0 radical (unpaired) electrons. The number of carbonyl (C=O) groups excluding carboxylic acids is 2. The quantitative estimate of drug-likeness (QED) is 0.855. The number of likely N-dealkylation sites (N-methyl/N-ethyl adjacent to an activating group) is 1. The molecular formula is C19H21N3O3. The van der Waals surface area contributed by atoms with Crippen molar-refractivity contribution in [2.45, 2.75) is 13.0 Å². The molecule has 6 heteroatoms. The second-order valence-electron chi connectivity index (χ2n) is 6.66. The molecule has 0 bridgehead atoms. The van der Waals surface area contributed by atoms with E-state index in [1.807, 2.05) is 29.2 Å². The van der Waals surface area contributed by atoms with E-state index in [1.165, 1.54) is 6.26 Å². The monoisotopic (exact) mass is 339 g/mol. The summed E-state index contributed by atoms with van der Waals surface area (Å²) in [6.07, 6.45) is 1.95. The van der Waals surface area contributed by atoms with Crippen molar-refractivity contribution in [2.75, 3.05) is 38.1 Å². The van der Waals surface area contributed by atoms with E-state index in [4.69, 9.17) is 4.42 Å². The second kappa shape index (κ2) is 6.37. The molecular weight excluding hydrogens is 318 g/mol. The minimum atomic E-state index is -0.0898. The Balaban J connectivity index is 1.54. The number of anilines is 1. The molecule has 130 valence electrons. The molecule has 0 atom stereocenters. The third-order valence-electron chi connectivity index (χ3n) is 4.99. The van der Waals surface area contributed by atoms with Crippen LogP contribution < -0.4 is 4.90 Å². The van der Waals surface area contributed by atoms with Gasteiger partial charge in [0.2, 0.25) is 5.91 Å². The number of nitrogens with zero attached hydrogens (tertiary/aromatic N) is 3. The number of furan rings is 1. The van der Waals surface area contributed by atoms with Crippen LogP contribution in [0.4, 0.5) is 5.69 Å². The van der Waals surface area contributed by atoms with Crippen LogP contribution in [0.25, 0.3) is 0 Å². The highest BCUT2D eigenvalue weighted by Crippen LogP contribution is 2.30. The summed E-state index contributed by atoms with van der Waals surface area (Å²) < 4.78 is 5.50. The lowest BCUT2D eigenvalue weighted by Crippen LogP contribution is -2.47. The lowest BCUT2D eigenvalue weighted by atomic mass is 10.1. The van der Waals surface area contributed by atoms with Crippen molar-refractivity contribution in [2.24, 2.45) is 0 Å². The topological polar surface area (TPSA) is 57.0 Å². The number of para-hydroxylation sites is 1. The molecule has 2 aromatic rings. The summed E-state index contributed by atoms with van der Waals surface area (Å²) >= 11 is 0. The lowest BCUT2D eigenvalue weighted by Gasteiger charge is -2.32. The van der Waals surface area contributed by atoms with Gasteiger partial charge >= 0.3 is 0 Å². The number of benzene rings is 1. The number of piperazine rings is 1. The van der Waals surface area contributed by atoms with Crippen molar-refractivity contribution < 1.29 is 14.0 Å². The SMILES string of the molecule is CN1CCN(C(=O)c2occc2CN2C(=O)Cc3ccccc32)CC1. The molecule has 0 unspecified atom stereocenters. The molecule has 2 aliphatic rings. The van der Waals surface area contributed by atoms with Gasteiger partial charge < -0.3 is 19.1 Å². The van der Waals surface area contributed by atoms with Crippen molar-refractivity contribution in [1.82, 2.24) is 9.80 Å². The molecule has 4 rings (SSSR count). The third kappa shape index (κ3) is 2.93. The van der Waals surface area contributed by atoms with Gasteiger partial charge in [0.25, 0.3) is 5.91 Å². The number of carbonyl (C=O) groups is 2. The molecule has 0 saturated carbocycles. The maximum Gasteiger partial charge on any atom is 0.290 e. The van der Waals surface area contributed by atoms with Gasteiger partial charge in [-0.05, 0) is 24.7 Å². The summed E-state index contributed by atoms with van der Waals surface area (Å²) in [5.74, 6) is 0.315. The summed E-state index contributed by atoms with van der Waals surface area (Å²) in [7, 11) is 2.05. The Morgan fingerprint density at radius 1 is 1.12 bits per heavy atom. The fourth-order valence-electron chi connectivity index (χ4n) is 3.46. The van der Waals surface area contributed by atoms with Gasteiger partial charge in [0.1, 0.15) is 0 Å². The van der Waals surface area contributed by atoms with Gasteiger partial charge in [-0.15, -0.1) is 0 Å². The summed E-state index contributed by atoms with van der Waals surface area (Å²) in [5.41, 5.74) is 2.71. The summed E-state index contributed by atoms with van der Waals surface area (Å²) in [4.78, 5) is 30.9. The highest BCUT2D eigenvalue weighted by Gasteiger charge is 2.30. The van der Waals surface area contributed by atoms with Gasteiger partial charge in [0.15, 0.2) is 5.76 Å². The number of rotatable bonds is 3. The van der Waals surface area contributed by atoms with Crippen molar-refractivity contribution in [3.8, 4) is 0 Å². The Labute approximate surface area is 146 Å². The van der Waals surface area contributed by atoms with Crippen LogP contribution in [0.15, 0.2) is 41.0 Å². The fourth-order valence-corrected chi connectivity index (χ4v) is 3.46. The number of hydrogen-bond donors (Lipinski definition) is 0. The van der Waals surface area contributed by atoms with Gasteiger partial charge in [-0.3, -0.25) is 9.59 Å². The smallest absolute Gasteiger partial charge is 0.290 e. The molecule has 25 heavy (non-hydrogen) atoms. The number of amides is 2. The Bertz CT molecular complexity index is 806. The van der Waals surface area contributed by atoms with Crippen molar-refractivity contribution in [3.63, 3.8) is 0 Å². The third-order valence-corrected chi connectivity index (χ3v) is 4.99. The van der Waals surface area contributed by atoms with Gasteiger partial charge in [-0.2, -0.15) is 0 Å².